The lowest BCUT2D eigenvalue weighted by Crippen LogP contribution is -2.25. The summed E-state index contributed by atoms with van der Waals surface area (Å²) in [6.45, 7) is 2.70. The van der Waals surface area contributed by atoms with Gasteiger partial charge in [-0.1, -0.05) is 5.10 Å². The third-order valence-electron chi connectivity index (χ3n) is 1.77. The minimum absolute atomic E-state index is 0.368. The van der Waals surface area contributed by atoms with Crippen molar-refractivity contribution in [1.29, 1.82) is 10.5 Å². The maximum Gasteiger partial charge on any atom is 0.318 e. The lowest BCUT2D eigenvalue weighted by molar-refractivity contribution is 0.504. The highest BCUT2D eigenvalue weighted by Crippen LogP contribution is 2.12. The number of aromatic nitrogens is 2. The highest BCUT2D eigenvalue weighted by molar-refractivity contribution is 5.24. The van der Waals surface area contributed by atoms with Crippen LogP contribution in [0.2, 0.25) is 0 Å². The normalized spacial score (nSPS) is 9.27. The Labute approximate surface area is 87.7 Å². The molecule has 78 valence electrons. The molecule has 0 aliphatic rings. The molecule has 0 atom stereocenters. The second kappa shape index (κ2) is 5.61. The molecule has 6 heteroatoms. The van der Waals surface area contributed by atoms with Crippen LogP contribution >= 0.6 is 0 Å². The van der Waals surface area contributed by atoms with Crippen molar-refractivity contribution in [3.8, 4) is 12.1 Å². The van der Waals surface area contributed by atoms with Gasteiger partial charge in [-0.15, -0.1) is 5.10 Å². The van der Waals surface area contributed by atoms with Crippen LogP contribution in [-0.4, -0.2) is 23.3 Å². The molecule has 0 fully saturated rings. The standard InChI is InChI=1S/C9H11N5O/c1-8-12-13-9(15-8)14(6-2-4-10)7-3-5-11/h2-3,6-7H2,1H3. The number of hydrogen-bond acceptors (Lipinski definition) is 6. The van der Waals surface area contributed by atoms with Gasteiger partial charge in [0.25, 0.3) is 0 Å². The van der Waals surface area contributed by atoms with Gasteiger partial charge in [-0.25, -0.2) is 0 Å². The Balaban J connectivity index is 2.64. The van der Waals surface area contributed by atoms with Gasteiger partial charge < -0.3 is 9.32 Å². The van der Waals surface area contributed by atoms with Crippen molar-refractivity contribution in [3.05, 3.63) is 5.89 Å². The molecule has 0 spiro atoms. The number of nitriles is 2. The van der Waals surface area contributed by atoms with Crippen molar-refractivity contribution in [2.45, 2.75) is 19.8 Å². The van der Waals surface area contributed by atoms with Gasteiger partial charge in [0.1, 0.15) is 0 Å². The van der Waals surface area contributed by atoms with Crippen LogP contribution in [-0.2, 0) is 0 Å². The molecule has 0 aliphatic heterocycles. The minimum atomic E-state index is 0.368. The van der Waals surface area contributed by atoms with E-state index in [1.54, 1.807) is 11.8 Å². The molecule has 0 aromatic carbocycles. The highest BCUT2D eigenvalue weighted by atomic mass is 16.4. The van der Waals surface area contributed by atoms with Crippen molar-refractivity contribution < 1.29 is 4.42 Å². The van der Waals surface area contributed by atoms with Crippen LogP contribution in [0.5, 0.6) is 0 Å². The van der Waals surface area contributed by atoms with Gasteiger partial charge in [-0.3, -0.25) is 0 Å². The molecule has 0 N–H and O–H groups in total. The molecular weight excluding hydrogens is 194 g/mol. The summed E-state index contributed by atoms with van der Waals surface area (Å²) in [5.41, 5.74) is 0. The van der Waals surface area contributed by atoms with Gasteiger partial charge in [0, 0.05) is 20.0 Å². The van der Waals surface area contributed by atoms with E-state index in [0.29, 0.717) is 37.8 Å². The summed E-state index contributed by atoms with van der Waals surface area (Å²) in [5, 5.41) is 24.5. The molecule has 0 unspecified atom stereocenters. The van der Waals surface area contributed by atoms with Crippen molar-refractivity contribution in [2.75, 3.05) is 18.0 Å². The van der Waals surface area contributed by atoms with Crippen molar-refractivity contribution >= 4 is 6.01 Å². The van der Waals surface area contributed by atoms with Gasteiger partial charge >= 0.3 is 6.01 Å². The second-order valence-corrected chi connectivity index (χ2v) is 2.91. The minimum Gasteiger partial charge on any atom is -0.408 e. The average Bonchev–Trinajstić information content (AvgIpc) is 2.65. The van der Waals surface area contributed by atoms with Gasteiger partial charge in [-0.05, 0) is 0 Å². The largest absolute Gasteiger partial charge is 0.408 e. The van der Waals surface area contributed by atoms with Crippen LogP contribution in [0.15, 0.2) is 4.42 Å². The molecular formula is C9H11N5O. The molecule has 0 bridgehead atoms. The number of rotatable bonds is 5. The highest BCUT2D eigenvalue weighted by Gasteiger charge is 2.12. The van der Waals surface area contributed by atoms with Crippen LogP contribution in [0.25, 0.3) is 0 Å². The Morgan fingerprint density at radius 2 is 1.80 bits per heavy atom. The summed E-state index contributed by atoms with van der Waals surface area (Å²) in [4.78, 5) is 1.74. The fourth-order valence-corrected chi connectivity index (χ4v) is 1.09. The Kier molecular flexibility index (Phi) is 4.11. The smallest absolute Gasteiger partial charge is 0.318 e. The molecule has 0 saturated carbocycles. The maximum absolute atomic E-state index is 8.48. The first-order valence-electron chi connectivity index (χ1n) is 4.57. The van der Waals surface area contributed by atoms with E-state index in [1.165, 1.54) is 0 Å². The predicted octanol–water partition coefficient (Wildman–Crippen LogP) is 1.01. The molecule has 1 rings (SSSR count). The molecule has 6 nitrogen and oxygen atoms in total. The summed E-state index contributed by atoms with van der Waals surface area (Å²) in [6.07, 6.45) is 0.736. The van der Waals surface area contributed by atoms with Crippen molar-refractivity contribution in [1.82, 2.24) is 10.2 Å². The van der Waals surface area contributed by atoms with Gasteiger partial charge in [0.2, 0.25) is 5.89 Å². The SMILES string of the molecule is Cc1nnc(N(CCC#N)CCC#N)o1. The van der Waals surface area contributed by atoms with E-state index >= 15 is 0 Å². The van der Waals surface area contributed by atoms with E-state index in [1.807, 2.05) is 12.1 Å². The Bertz CT molecular complexity index is 368. The van der Waals surface area contributed by atoms with Crippen LogP contribution in [0.1, 0.15) is 18.7 Å². The van der Waals surface area contributed by atoms with Crippen LogP contribution in [0.4, 0.5) is 6.01 Å². The molecule has 0 amide bonds. The zero-order chi connectivity index (χ0) is 11.1. The Morgan fingerprint density at radius 3 is 2.20 bits per heavy atom. The molecule has 1 aromatic heterocycles. The number of aryl methyl sites for hydroxylation is 1. The molecule has 0 saturated heterocycles. The molecule has 0 aliphatic carbocycles. The first-order valence-corrected chi connectivity index (χ1v) is 4.57. The molecule has 1 heterocycles. The summed E-state index contributed by atoms with van der Waals surface area (Å²) in [7, 11) is 0. The molecule has 15 heavy (non-hydrogen) atoms. The van der Waals surface area contributed by atoms with E-state index < -0.39 is 0 Å². The number of nitrogens with zero attached hydrogens (tertiary/aromatic N) is 5. The first kappa shape index (κ1) is 11.0. The number of hydrogen-bond donors (Lipinski definition) is 0. The topological polar surface area (TPSA) is 89.7 Å². The van der Waals surface area contributed by atoms with E-state index in [4.69, 9.17) is 14.9 Å². The zero-order valence-corrected chi connectivity index (χ0v) is 8.47. The quantitative estimate of drug-likeness (QED) is 0.712. The van der Waals surface area contributed by atoms with Gasteiger partial charge in [0.15, 0.2) is 0 Å². The van der Waals surface area contributed by atoms with Crippen molar-refractivity contribution in [2.24, 2.45) is 0 Å². The van der Waals surface area contributed by atoms with Crippen LogP contribution in [0, 0.1) is 29.6 Å². The van der Waals surface area contributed by atoms with Crippen LogP contribution in [0.3, 0.4) is 0 Å². The summed E-state index contributed by atoms with van der Waals surface area (Å²) in [5.74, 6) is 0.476. The monoisotopic (exact) mass is 205 g/mol. The maximum atomic E-state index is 8.48. The number of anilines is 1. The lowest BCUT2D eigenvalue weighted by atomic mass is 10.4. The molecule has 0 radical (unpaired) electrons. The second-order valence-electron chi connectivity index (χ2n) is 2.91. The Morgan fingerprint density at radius 1 is 1.20 bits per heavy atom. The fourth-order valence-electron chi connectivity index (χ4n) is 1.09. The Hall–Kier alpha value is -2.08. The molecule has 1 aromatic rings. The third kappa shape index (κ3) is 3.28. The van der Waals surface area contributed by atoms with Crippen molar-refractivity contribution in [3.63, 3.8) is 0 Å². The summed E-state index contributed by atoms with van der Waals surface area (Å²) < 4.78 is 5.22. The van der Waals surface area contributed by atoms with Gasteiger partial charge in [0.05, 0.1) is 25.0 Å². The van der Waals surface area contributed by atoms with E-state index in [9.17, 15) is 0 Å². The lowest BCUT2D eigenvalue weighted by Gasteiger charge is -2.16. The van der Waals surface area contributed by atoms with Crippen LogP contribution < -0.4 is 4.90 Å². The zero-order valence-electron chi connectivity index (χ0n) is 8.47. The summed E-state index contributed by atoms with van der Waals surface area (Å²) in [6, 6.07) is 4.45. The average molecular weight is 205 g/mol. The predicted molar refractivity (Wildman–Crippen MR) is 51.7 cm³/mol. The van der Waals surface area contributed by atoms with E-state index in [0.717, 1.165) is 0 Å². The fraction of sp³-hybridized carbons (Fsp3) is 0.556. The summed E-state index contributed by atoms with van der Waals surface area (Å²) >= 11 is 0. The first-order chi connectivity index (χ1) is 7.27. The van der Waals surface area contributed by atoms with Gasteiger partial charge in [-0.2, -0.15) is 10.5 Å². The van der Waals surface area contributed by atoms with E-state index in [2.05, 4.69) is 10.2 Å². The third-order valence-corrected chi connectivity index (χ3v) is 1.77. The van der Waals surface area contributed by atoms with E-state index in [-0.39, 0.29) is 0 Å².